The highest BCUT2D eigenvalue weighted by atomic mass is 19.1. The summed E-state index contributed by atoms with van der Waals surface area (Å²) in [4.78, 5) is 36.7. The predicted octanol–water partition coefficient (Wildman–Crippen LogP) is 5.57. The first-order chi connectivity index (χ1) is 20.4. The lowest BCUT2D eigenvalue weighted by Crippen LogP contribution is -2.53. The number of piperidine rings is 2. The number of imidazole rings is 1. The number of rotatable bonds is 6. The van der Waals surface area contributed by atoms with Crippen molar-refractivity contribution in [3.05, 3.63) is 78.9 Å². The number of benzene rings is 1. The number of hydrogen-bond donors (Lipinski definition) is 1. The van der Waals surface area contributed by atoms with E-state index in [-0.39, 0.29) is 23.6 Å². The summed E-state index contributed by atoms with van der Waals surface area (Å²) in [6.45, 7) is 6.21. The van der Waals surface area contributed by atoms with Crippen LogP contribution in [0.15, 0.2) is 61.8 Å². The number of amides is 1. The third-order valence-corrected chi connectivity index (χ3v) is 8.45. The lowest BCUT2D eigenvalue weighted by molar-refractivity contribution is -0.134. The summed E-state index contributed by atoms with van der Waals surface area (Å²) in [7, 11) is 1.87. The molecule has 10 nitrogen and oxygen atoms in total. The lowest BCUT2D eigenvalue weighted by atomic mass is 9.70. The van der Waals surface area contributed by atoms with Gasteiger partial charge in [0.25, 0.3) is 0 Å². The minimum Gasteiger partial charge on any atom is -0.455 e. The molecule has 1 amide bonds. The van der Waals surface area contributed by atoms with Crippen molar-refractivity contribution in [2.75, 3.05) is 11.9 Å². The van der Waals surface area contributed by atoms with Crippen molar-refractivity contribution >= 4 is 39.6 Å². The summed E-state index contributed by atoms with van der Waals surface area (Å²) in [5.74, 6) is 1.31. The van der Waals surface area contributed by atoms with Gasteiger partial charge in [-0.2, -0.15) is 0 Å². The molecule has 0 unspecified atom stereocenters. The van der Waals surface area contributed by atoms with Gasteiger partial charge in [0.15, 0.2) is 11.5 Å². The summed E-state index contributed by atoms with van der Waals surface area (Å²) in [5, 5.41) is 3.13. The monoisotopic (exact) mass is 564 g/mol. The minimum absolute atomic E-state index is 0.00539. The van der Waals surface area contributed by atoms with Crippen molar-refractivity contribution in [3.63, 3.8) is 0 Å². The van der Waals surface area contributed by atoms with E-state index in [9.17, 15) is 4.79 Å². The Balaban J connectivity index is 1.15. The maximum Gasteiger partial charge on any atom is 0.246 e. The molecule has 42 heavy (non-hydrogen) atoms. The van der Waals surface area contributed by atoms with Crippen molar-refractivity contribution in [1.82, 2.24) is 34.4 Å². The fourth-order valence-corrected chi connectivity index (χ4v) is 6.29. The molecule has 11 heteroatoms. The largest absolute Gasteiger partial charge is 0.455 e. The molecule has 8 rings (SSSR count). The highest BCUT2D eigenvalue weighted by Gasteiger charge is 2.42. The first-order valence-electron chi connectivity index (χ1n) is 13.9. The smallest absolute Gasteiger partial charge is 0.246 e. The number of fused-ring (bicyclic) bond motifs is 5. The number of pyridine rings is 2. The summed E-state index contributed by atoms with van der Waals surface area (Å²) in [6.07, 6.45) is 9.02. The number of nitrogens with one attached hydrogen (secondary N) is 1. The fraction of sp³-hybridized carbons (Fsp3) is 0.290. The Kier molecular flexibility index (Phi) is 6.29. The van der Waals surface area contributed by atoms with Crippen molar-refractivity contribution in [3.8, 4) is 11.5 Å². The second-order valence-electron chi connectivity index (χ2n) is 11.0. The van der Waals surface area contributed by atoms with Crippen LogP contribution < -0.4 is 10.1 Å². The Morgan fingerprint density at radius 3 is 2.83 bits per heavy atom. The molecule has 0 radical (unpaired) electrons. The molecule has 4 aromatic heterocycles. The molecule has 3 fully saturated rings. The van der Waals surface area contributed by atoms with E-state index in [1.165, 1.54) is 18.5 Å². The first-order valence-corrected chi connectivity index (χ1v) is 13.9. The number of ether oxygens (including phenoxy) is 1. The van der Waals surface area contributed by atoms with E-state index < -0.39 is 5.82 Å². The first kappa shape index (κ1) is 26.0. The molecule has 5 aromatic rings. The number of carbonyl (C=O) groups excluding carboxylic acids is 1. The van der Waals surface area contributed by atoms with E-state index in [1.54, 1.807) is 24.7 Å². The van der Waals surface area contributed by atoms with Crippen LogP contribution in [0.1, 0.15) is 36.4 Å². The van der Waals surface area contributed by atoms with Crippen LogP contribution in [-0.2, 0) is 11.8 Å². The van der Waals surface area contributed by atoms with Gasteiger partial charge >= 0.3 is 0 Å². The number of nitrogens with zero attached hydrogens (tertiary/aromatic N) is 7. The van der Waals surface area contributed by atoms with Gasteiger partial charge in [0, 0.05) is 43.4 Å². The lowest BCUT2D eigenvalue weighted by Gasteiger charge is -2.49. The number of aromatic nitrogens is 6. The second kappa shape index (κ2) is 10.2. The van der Waals surface area contributed by atoms with Gasteiger partial charge in [0.1, 0.15) is 34.7 Å². The normalized spacial score (nSPS) is 19.8. The van der Waals surface area contributed by atoms with Crippen LogP contribution in [0.4, 0.5) is 15.9 Å². The predicted molar refractivity (Wildman–Crippen MR) is 156 cm³/mol. The molecule has 1 aromatic carbocycles. The third-order valence-electron chi connectivity index (χ3n) is 8.45. The molecule has 1 aliphatic carbocycles. The van der Waals surface area contributed by atoms with E-state index in [1.807, 2.05) is 35.6 Å². The number of hydrogen-bond acceptors (Lipinski definition) is 8. The van der Waals surface area contributed by atoms with Crippen molar-refractivity contribution in [2.45, 2.75) is 38.1 Å². The van der Waals surface area contributed by atoms with E-state index in [0.717, 1.165) is 36.2 Å². The number of aryl methyl sites for hydroxylation is 2. The summed E-state index contributed by atoms with van der Waals surface area (Å²) in [5.41, 5.74) is 4.58. The van der Waals surface area contributed by atoms with Crippen LogP contribution in [0.3, 0.4) is 0 Å². The Morgan fingerprint density at radius 1 is 1.14 bits per heavy atom. The van der Waals surface area contributed by atoms with Crippen molar-refractivity contribution < 1.29 is 13.9 Å². The number of carbonyl (C=O) groups is 1. The van der Waals surface area contributed by atoms with Gasteiger partial charge in [-0.15, -0.1) is 0 Å². The van der Waals surface area contributed by atoms with Gasteiger partial charge in [-0.05, 0) is 61.9 Å². The van der Waals surface area contributed by atoms with E-state index in [0.29, 0.717) is 46.3 Å². The number of halogens is 1. The Hall–Kier alpha value is -4.93. The summed E-state index contributed by atoms with van der Waals surface area (Å²) < 4.78 is 23.2. The van der Waals surface area contributed by atoms with Crippen molar-refractivity contribution in [1.29, 1.82) is 0 Å². The molecule has 0 spiro atoms. The Labute approximate surface area is 241 Å². The van der Waals surface area contributed by atoms with Crippen LogP contribution in [0.2, 0.25) is 0 Å². The quantitative estimate of drug-likeness (QED) is 0.267. The highest BCUT2D eigenvalue weighted by Crippen LogP contribution is 2.45. The molecule has 212 valence electrons. The van der Waals surface area contributed by atoms with Crippen LogP contribution in [-0.4, -0.2) is 52.9 Å². The SMILES string of the molecule is C=CC(=O)N1C[C@H]2CC[C@@H]1C[C@H]2c1ccc2ncnc(Nc3cc(C)c(Oc4cnc5c(c4)ncn5C)cc3F)c2n1. The summed E-state index contributed by atoms with van der Waals surface area (Å²) in [6, 6.07) is 8.93. The Morgan fingerprint density at radius 2 is 2.02 bits per heavy atom. The molecule has 2 bridgehead atoms. The molecule has 1 N–H and O–H groups in total. The molecule has 1 saturated carbocycles. The maximum absolute atomic E-state index is 15.4. The van der Waals surface area contributed by atoms with Gasteiger partial charge in [-0.25, -0.2) is 29.3 Å². The van der Waals surface area contributed by atoms with Gasteiger partial charge < -0.3 is 19.5 Å². The van der Waals surface area contributed by atoms with Gasteiger partial charge in [0.05, 0.1) is 23.7 Å². The zero-order valence-electron chi connectivity index (χ0n) is 23.3. The third kappa shape index (κ3) is 4.50. The molecular weight excluding hydrogens is 535 g/mol. The van der Waals surface area contributed by atoms with Gasteiger partial charge in [0.2, 0.25) is 5.91 Å². The van der Waals surface area contributed by atoms with Gasteiger partial charge in [-0.3, -0.25) is 4.79 Å². The molecular formula is C31H29FN8O2. The van der Waals surface area contributed by atoms with E-state index >= 15 is 4.39 Å². The van der Waals surface area contributed by atoms with Crippen LogP contribution >= 0.6 is 0 Å². The van der Waals surface area contributed by atoms with Gasteiger partial charge in [-0.1, -0.05) is 6.58 Å². The van der Waals surface area contributed by atoms with E-state index in [2.05, 4.69) is 31.8 Å². The number of anilines is 2. The fourth-order valence-electron chi connectivity index (χ4n) is 6.29. The average Bonchev–Trinajstić information content (AvgIpc) is 3.38. The van der Waals surface area contributed by atoms with Crippen LogP contribution in [0, 0.1) is 18.7 Å². The average molecular weight is 565 g/mol. The Bertz CT molecular complexity index is 1870. The van der Waals surface area contributed by atoms with E-state index in [4.69, 9.17) is 9.72 Å². The molecule has 6 heterocycles. The van der Waals surface area contributed by atoms with Crippen molar-refractivity contribution in [2.24, 2.45) is 13.0 Å². The maximum atomic E-state index is 15.4. The molecule has 3 atom stereocenters. The molecule has 2 saturated heterocycles. The zero-order chi connectivity index (χ0) is 29.0. The zero-order valence-corrected chi connectivity index (χ0v) is 23.3. The van der Waals surface area contributed by atoms with Crippen LogP contribution in [0.25, 0.3) is 22.2 Å². The molecule has 3 aliphatic rings. The summed E-state index contributed by atoms with van der Waals surface area (Å²) >= 11 is 0. The standard InChI is InChI=1S/C31H29FN8O2/c1-4-28(41)40-14-18-5-6-19(40)10-21(18)23-7-8-24-29(37-23)30(35-15-34-24)38-25-9-17(2)27(12-22(25)32)42-20-11-26-31(33-13-20)39(3)16-36-26/h4,7-9,11-13,15-16,18-19,21H,1,5-6,10,14H2,2-3H3,(H,34,35,38)/t18-,19-,21-/m1/s1. The molecule has 2 aliphatic heterocycles. The second-order valence-corrected chi connectivity index (χ2v) is 11.0. The topological polar surface area (TPSA) is 111 Å². The van der Waals surface area contributed by atoms with Crippen LogP contribution in [0.5, 0.6) is 11.5 Å². The highest BCUT2D eigenvalue weighted by molar-refractivity contribution is 5.88. The minimum atomic E-state index is -0.498.